The lowest BCUT2D eigenvalue weighted by atomic mass is 10.2. The normalized spacial score (nSPS) is 11.4. The number of fused-ring (bicyclic) bond motifs is 1. The quantitative estimate of drug-likeness (QED) is 0.379. The summed E-state index contributed by atoms with van der Waals surface area (Å²) in [5, 5.41) is 8.05. The van der Waals surface area contributed by atoms with Gasteiger partial charge in [0.05, 0.1) is 27.6 Å². The summed E-state index contributed by atoms with van der Waals surface area (Å²) in [6.45, 7) is 2.03. The fourth-order valence-electron chi connectivity index (χ4n) is 2.28. The van der Waals surface area contributed by atoms with Gasteiger partial charge >= 0.3 is 0 Å². The molecule has 0 unspecified atom stereocenters. The summed E-state index contributed by atoms with van der Waals surface area (Å²) in [6, 6.07) is 13.2. The Morgan fingerprint density at radius 2 is 2.20 bits per heavy atom. The van der Waals surface area contributed by atoms with Crippen LogP contribution < -0.4 is 5.01 Å². The van der Waals surface area contributed by atoms with Gasteiger partial charge in [-0.1, -0.05) is 23.5 Å². The molecular formula is C18H13N3O2S2. The minimum Gasteiger partial charge on any atom is -0.463 e. The number of hydrogen-bond acceptors (Lipinski definition) is 6. The number of nitrogens with zero attached hydrogens (tertiary/aromatic N) is 3. The van der Waals surface area contributed by atoms with Crippen LogP contribution in [0.4, 0.5) is 5.13 Å². The fourth-order valence-corrected chi connectivity index (χ4v) is 3.95. The molecule has 124 valence electrons. The molecule has 7 heteroatoms. The van der Waals surface area contributed by atoms with Gasteiger partial charge in [0.1, 0.15) is 5.76 Å². The molecule has 0 N–H and O–H groups in total. The SMILES string of the molecule is Cc1ccc2nc(N(/N=C\c3ccco3)C(=O)c3cccs3)sc2c1. The standard InChI is InChI=1S/C18H13N3O2S2/c1-12-6-7-14-16(10-12)25-18(20-14)21(17(22)15-5-3-9-24-15)19-11-13-4-2-8-23-13/h2-11H,1H3/b19-11-. The van der Waals surface area contributed by atoms with E-state index in [0.29, 0.717) is 15.8 Å². The molecule has 5 nitrogen and oxygen atoms in total. The summed E-state index contributed by atoms with van der Waals surface area (Å²) < 4.78 is 6.28. The number of amides is 1. The third-order valence-electron chi connectivity index (χ3n) is 3.48. The van der Waals surface area contributed by atoms with E-state index in [4.69, 9.17) is 4.42 Å². The van der Waals surface area contributed by atoms with E-state index in [2.05, 4.69) is 16.2 Å². The van der Waals surface area contributed by atoms with Crippen molar-refractivity contribution in [3.8, 4) is 0 Å². The van der Waals surface area contributed by atoms with E-state index < -0.39 is 0 Å². The van der Waals surface area contributed by atoms with E-state index in [9.17, 15) is 4.79 Å². The zero-order valence-corrected chi connectivity index (χ0v) is 14.9. The Bertz CT molecular complexity index is 1030. The second kappa shape index (κ2) is 6.62. The maximum Gasteiger partial charge on any atom is 0.290 e. The summed E-state index contributed by atoms with van der Waals surface area (Å²) >= 11 is 2.81. The van der Waals surface area contributed by atoms with Crippen molar-refractivity contribution in [1.29, 1.82) is 0 Å². The first kappa shape index (κ1) is 15.7. The summed E-state index contributed by atoms with van der Waals surface area (Å²) in [7, 11) is 0. The van der Waals surface area contributed by atoms with E-state index in [-0.39, 0.29) is 5.91 Å². The highest BCUT2D eigenvalue weighted by Crippen LogP contribution is 2.31. The number of thiophene rings is 1. The van der Waals surface area contributed by atoms with Crippen LogP contribution >= 0.6 is 22.7 Å². The van der Waals surface area contributed by atoms with Crippen LogP contribution in [0.3, 0.4) is 0 Å². The van der Waals surface area contributed by atoms with Crippen LogP contribution in [0.15, 0.2) is 63.6 Å². The second-order valence-electron chi connectivity index (χ2n) is 5.32. The lowest BCUT2D eigenvalue weighted by Gasteiger charge is -2.12. The lowest BCUT2D eigenvalue weighted by molar-refractivity contribution is 0.0991. The average molecular weight is 367 g/mol. The molecule has 1 aromatic carbocycles. The number of carbonyl (C=O) groups is 1. The monoisotopic (exact) mass is 367 g/mol. The van der Waals surface area contributed by atoms with E-state index in [1.165, 1.54) is 33.9 Å². The van der Waals surface area contributed by atoms with Gasteiger partial charge in [-0.3, -0.25) is 4.79 Å². The highest BCUT2D eigenvalue weighted by Gasteiger charge is 2.21. The first-order valence-electron chi connectivity index (χ1n) is 7.53. The second-order valence-corrected chi connectivity index (χ2v) is 7.28. The van der Waals surface area contributed by atoms with Crippen LogP contribution in [-0.4, -0.2) is 17.1 Å². The van der Waals surface area contributed by atoms with Crippen molar-refractivity contribution in [2.75, 3.05) is 5.01 Å². The van der Waals surface area contributed by atoms with E-state index in [1.54, 1.807) is 24.5 Å². The van der Waals surface area contributed by atoms with Gasteiger partial charge in [0, 0.05) is 0 Å². The molecule has 1 amide bonds. The fraction of sp³-hybridized carbons (Fsp3) is 0.0556. The maximum absolute atomic E-state index is 12.9. The lowest BCUT2D eigenvalue weighted by Crippen LogP contribution is -2.24. The molecule has 0 fully saturated rings. The van der Waals surface area contributed by atoms with E-state index in [0.717, 1.165) is 15.8 Å². The molecule has 3 aromatic heterocycles. The minimum atomic E-state index is -0.214. The number of carbonyl (C=O) groups excluding carboxylic acids is 1. The van der Waals surface area contributed by atoms with Gasteiger partial charge in [0.2, 0.25) is 5.13 Å². The average Bonchev–Trinajstić information content (AvgIpc) is 3.36. The molecule has 0 spiro atoms. The van der Waals surface area contributed by atoms with Gasteiger partial charge in [0.15, 0.2) is 0 Å². The Morgan fingerprint density at radius 1 is 1.28 bits per heavy atom. The third-order valence-corrected chi connectivity index (χ3v) is 5.33. The molecule has 0 atom stereocenters. The number of furan rings is 1. The number of thiazole rings is 1. The third kappa shape index (κ3) is 3.24. The first-order chi connectivity index (χ1) is 12.2. The Kier molecular flexibility index (Phi) is 4.17. The van der Waals surface area contributed by atoms with Crippen LogP contribution in [0, 0.1) is 6.92 Å². The molecule has 25 heavy (non-hydrogen) atoms. The van der Waals surface area contributed by atoms with E-state index >= 15 is 0 Å². The summed E-state index contributed by atoms with van der Waals surface area (Å²) in [5.74, 6) is 0.356. The van der Waals surface area contributed by atoms with Crippen molar-refractivity contribution in [3.63, 3.8) is 0 Å². The van der Waals surface area contributed by atoms with Crippen molar-refractivity contribution in [2.45, 2.75) is 6.92 Å². The molecular weight excluding hydrogens is 354 g/mol. The number of rotatable bonds is 4. The van der Waals surface area contributed by atoms with Crippen LogP contribution in [-0.2, 0) is 0 Å². The topological polar surface area (TPSA) is 58.7 Å². The zero-order chi connectivity index (χ0) is 17.2. The molecule has 4 rings (SSSR count). The van der Waals surface area contributed by atoms with Crippen molar-refractivity contribution >= 4 is 50.1 Å². The van der Waals surface area contributed by atoms with Crippen LogP contribution in [0.1, 0.15) is 21.0 Å². The number of aryl methyl sites for hydroxylation is 1. The van der Waals surface area contributed by atoms with Crippen LogP contribution in [0.25, 0.3) is 10.2 Å². The minimum absolute atomic E-state index is 0.214. The molecule has 0 saturated heterocycles. The van der Waals surface area contributed by atoms with Crippen molar-refractivity contribution in [3.05, 3.63) is 70.3 Å². The molecule has 4 aromatic rings. The van der Waals surface area contributed by atoms with E-state index in [1.807, 2.05) is 30.5 Å². The molecule has 0 saturated carbocycles. The highest BCUT2D eigenvalue weighted by atomic mass is 32.1. The van der Waals surface area contributed by atoms with Crippen molar-refractivity contribution in [2.24, 2.45) is 5.10 Å². The Balaban J connectivity index is 1.76. The molecule has 3 heterocycles. The first-order valence-corrected chi connectivity index (χ1v) is 9.23. The number of hydrogen-bond donors (Lipinski definition) is 0. The van der Waals surface area contributed by atoms with Crippen LogP contribution in [0.5, 0.6) is 0 Å². The molecule has 0 bridgehead atoms. The number of anilines is 1. The van der Waals surface area contributed by atoms with Crippen molar-refractivity contribution < 1.29 is 9.21 Å². The van der Waals surface area contributed by atoms with Crippen molar-refractivity contribution in [1.82, 2.24) is 4.98 Å². The van der Waals surface area contributed by atoms with Gasteiger partial charge in [-0.25, -0.2) is 4.98 Å². The summed E-state index contributed by atoms with van der Waals surface area (Å²) in [5.41, 5.74) is 2.00. The predicted molar refractivity (Wildman–Crippen MR) is 102 cm³/mol. The summed E-state index contributed by atoms with van der Waals surface area (Å²) in [4.78, 5) is 18.0. The molecule has 0 aliphatic heterocycles. The highest BCUT2D eigenvalue weighted by molar-refractivity contribution is 7.22. The largest absolute Gasteiger partial charge is 0.463 e. The van der Waals surface area contributed by atoms with Gasteiger partial charge < -0.3 is 4.42 Å². The zero-order valence-electron chi connectivity index (χ0n) is 13.2. The van der Waals surface area contributed by atoms with Crippen LogP contribution in [0.2, 0.25) is 0 Å². The van der Waals surface area contributed by atoms with Gasteiger partial charge in [0.25, 0.3) is 5.91 Å². The Hall–Kier alpha value is -2.77. The predicted octanol–water partition coefficient (Wildman–Crippen LogP) is 4.94. The Labute approximate surface area is 151 Å². The maximum atomic E-state index is 12.9. The Morgan fingerprint density at radius 3 is 2.96 bits per heavy atom. The number of hydrazone groups is 1. The number of benzene rings is 1. The van der Waals surface area contributed by atoms with Gasteiger partial charge in [-0.2, -0.15) is 10.1 Å². The van der Waals surface area contributed by atoms with Gasteiger partial charge in [-0.05, 0) is 48.2 Å². The summed E-state index contributed by atoms with van der Waals surface area (Å²) in [6.07, 6.45) is 3.08. The van der Waals surface area contributed by atoms with Gasteiger partial charge in [-0.15, -0.1) is 11.3 Å². The molecule has 0 aliphatic rings. The molecule has 0 radical (unpaired) electrons. The molecule has 0 aliphatic carbocycles. The number of aromatic nitrogens is 1. The smallest absolute Gasteiger partial charge is 0.290 e.